The summed E-state index contributed by atoms with van der Waals surface area (Å²) >= 11 is 0. The van der Waals surface area contributed by atoms with Gasteiger partial charge < -0.3 is 19.9 Å². The number of aliphatic imine (C=N–C) groups is 1. The molecule has 1 fully saturated rings. The summed E-state index contributed by atoms with van der Waals surface area (Å²) in [7, 11) is 2.07. The van der Waals surface area contributed by atoms with Crippen LogP contribution in [0.2, 0.25) is 0 Å². The molecule has 0 saturated carbocycles. The molecule has 0 unspecified atom stereocenters. The topological polar surface area (TPSA) is 65.9 Å². The lowest BCUT2D eigenvalue weighted by atomic mass is 10.1. The van der Waals surface area contributed by atoms with E-state index in [1.54, 1.807) is 12.1 Å². The van der Waals surface area contributed by atoms with E-state index in [9.17, 15) is 4.39 Å². The molecule has 0 bridgehead atoms. The lowest BCUT2D eigenvalue weighted by Gasteiger charge is -2.32. The fraction of sp³-hybridized carbons (Fsp3) is 0.346. The summed E-state index contributed by atoms with van der Waals surface area (Å²) in [4.78, 5) is 18.0. The predicted octanol–water partition coefficient (Wildman–Crippen LogP) is 4.58. The van der Waals surface area contributed by atoms with Crippen molar-refractivity contribution in [3.63, 3.8) is 0 Å². The minimum Gasteiger partial charge on any atom is -0.436 e. The molecule has 2 aromatic rings. The van der Waals surface area contributed by atoms with Crippen molar-refractivity contribution in [3.8, 4) is 11.6 Å². The second-order valence-corrected chi connectivity index (χ2v) is 9.06. The van der Waals surface area contributed by atoms with Gasteiger partial charge in [-0.25, -0.2) is 8.78 Å². The second-order valence-electron chi connectivity index (χ2n) is 9.06. The summed E-state index contributed by atoms with van der Waals surface area (Å²) in [5.41, 5.74) is 2.59. The smallest absolute Gasteiger partial charge is 0.230 e. The first-order chi connectivity index (χ1) is 16.9. The maximum atomic E-state index is 15.2. The molecular formula is C26H28F2N6O. The Morgan fingerprint density at radius 3 is 2.66 bits per heavy atom. The first-order valence-electron chi connectivity index (χ1n) is 11.7. The zero-order valence-electron chi connectivity index (χ0n) is 20.1. The van der Waals surface area contributed by atoms with Crippen LogP contribution < -0.4 is 15.0 Å². The number of hydrogen-bond acceptors (Lipinski definition) is 7. The fourth-order valence-electron chi connectivity index (χ4n) is 4.39. The van der Waals surface area contributed by atoms with Gasteiger partial charge in [0.15, 0.2) is 11.6 Å². The quantitative estimate of drug-likeness (QED) is 0.679. The molecule has 1 saturated heterocycles. The highest BCUT2D eigenvalue weighted by atomic mass is 19.1. The Labute approximate surface area is 203 Å². The molecule has 9 heteroatoms. The molecule has 182 valence electrons. The third kappa shape index (κ3) is 4.95. The molecule has 1 aliphatic carbocycles. The Morgan fingerprint density at radius 1 is 1.09 bits per heavy atom. The number of aromatic nitrogens is 2. The Hall–Kier alpha value is -3.59. The normalized spacial score (nSPS) is 18.0. The van der Waals surface area contributed by atoms with Crippen molar-refractivity contribution >= 4 is 23.7 Å². The van der Waals surface area contributed by atoms with Crippen LogP contribution in [0.3, 0.4) is 0 Å². The number of likely N-dealkylation sites (N-methyl/N-ethyl adjacent to an activating group) is 1. The molecule has 1 aromatic carbocycles. The third-order valence-electron chi connectivity index (χ3n) is 6.25. The maximum Gasteiger partial charge on any atom is 0.230 e. The van der Waals surface area contributed by atoms with Crippen molar-refractivity contribution < 1.29 is 13.5 Å². The van der Waals surface area contributed by atoms with Crippen LogP contribution in [-0.4, -0.2) is 60.5 Å². The van der Waals surface area contributed by atoms with Gasteiger partial charge >= 0.3 is 0 Å². The summed E-state index contributed by atoms with van der Waals surface area (Å²) in [5, 5.41) is 3.21. The summed E-state index contributed by atoms with van der Waals surface area (Å²) < 4.78 is 35.7. The SMILES string of the molecule is C/C=C/C1=CC(Nc2cc(Oc3cc(F)c4c(c3F)C=C(C)C4)nc(N3CCN(C)CC3)n2)=NC1. The van der Waals surface area contributed by atoms with Gasteiger partial charge in [-0.15, -0.1) is 0 Å². The number of allylic oxidation sites excluding steroid dienone is 2. The molecule has 0 spiro atoms. The molecule has 7 nitrogen and oxygen atoms in total. The van der Waals surface area contributed by atoms with E-state index < -0.39 is 11.6 Å². The zero-order valence-corrected chi connectivity index (χ0v) is 20.1. The van der Waals surface area contributed by atoms with Crippen LogP contribution >= 0.6 is 0 Å². The number of nitrogens with one attached hydrogen (secondary N) is 1. The van der Waals surface area contributed by atoms with Crippen LogP contribution in [0.4, 0.5) is 20.5 Å². The number of anilines is 2. The molecule has 3 heterocycles. The number of amidine groups is 1. The summed E-state index contributed by atoms with van der Waals surface area (Å²) in [6.45, 7) is 7.63. The van der Waals surface area contributed by atoms with Crippen molar-refractivity contribution in [2.45, 2.75) is 20.3 Å². The highest BCUT2D eigenvalue weighted by molar-refractivity contribution is 6.05. The maximum absolute atomic E-state index is 15.2. The molecular weight excluding hydrogens is 450 g/mol. The second kappa shape index (κ2) is 9.58. The van der Waals surface area contributed by atoms with Crippen molar-refractivity contribution in [2.75, 3.05) is 50.0 Å². The summed E-state index contributed by atoms with van der Waals surface area (Å²) in [6.07, 6.45) is 7.98. The molecule has 1 N–H and O–H groups in total. The fourth-order valence-corrected chi connectivity index (χ4v) is 4.39. The first kappa shape index (κ1) is 23.2. The average Bonchev–Trinajstić information content (AvgIpc) is 3.44. The van der Waals surface area contributed by atoms with Crippen LogP contribution in [-0.2, 0) is 6.42 Å². The van der Waals surface area contributed by atoms with E-state index in [-0.39, 0.29) is 17.2 Å². The standard InChI is InChI=1S/C26H28F2N6O/c1-4-5-17-12-22(29-15-17)30-23-14-24(32-26(31-23)34-8-6-33(3)7-9-34)35-21-13-20(27)18-10-16(2)11-19(18)25(21)28/h4-5,11-14H,6-10,15H2,1-3H3,(H,29,30,31,32)/b5-4+. The van der Waals surface area contributed by atoms with Crippen LogP contribution in [0, 0.1) is 11.6 Å². The van der Waals surface area contributed by atoms with Gasteiger partial charge in [0, 0.05) is 49.4 Å². The van der Waals surface area contributed by atoms with Gasteiger partial charge in [0.05, 0.1) is 6.54 Å². The van der Waals surface area contributed by atoms with E-state index in [2.05, 4.69) is 37.1 Å². The number of hydrogen-bond donors (Lipinski definition) is 1. The molecule has 2 aliphatic heterocycles. The lowest BCUT2D eigenvalue weighted by molar-refractivity contribution is 0.310. The van der Waals surface area contributed by atoms with Gasteiger partial charge in [-0.05, 0) is 39.0 Å². The van der Waals surface area contributed by atoms with Crippen LogP contribution in [0.5, 0.6) is 11.6 Å². The van der Waals surface area contributed by atoms with Crippen LogP contribution in [0.25, 0.3) is 6.08 Å². The Balaban J connectivity index is 1.47. The third-order valence-corrected chi connectivity index (χ3v) is 6.25. The van der Waals surface area contributed by atoms with Gasteiger partial charge in [-0.1, -0.05) is 23.8 Å². The molecule has 1 aromatic heterocycles. The number of piperazine rings is 1. The van der Waals surface area contributed by atoms with Crippen molar-refractivity contribution in [2.24, 2.45) is 4.99 Å². The highest BCUT2D eigenvalue weighted by Crippen LogP contribution is 2.36. The van der Waals surface area contributed by atoms with Gasteiger partial charge in [-0.2, -0.15) is 9.97 Å². The largest absolute Gasteiger partial charge is 0.436 e. The number of fused-ring (bicyclic) bond motifs is 1. The van der Waals surface area contributed by atoms with E-state index in [1.807, 2.05) is 32.1 Å². The van der Waals surface area contributed by atoms with E-state index in [0.717, 1.165) is 43.4 Å². The van der Waals surface area contributed by atoms with Gasteiger partial charge in [0.2, 0.25) is 11.8 Å². The minimum absolute atomic E-state index is 0.129. The van der Waals surface area contributed by atoms with Gasteiger partial charge in [0.1, 0.15) is 17.5 Å². The molecule has 0 radical (unpaired) electrons. The number of benzene rings is 1. The van der Waals surface area contributed by atoms with E-state index in [4.69, 9.17) is 4.74 Å². The summed E-state index contributed by atoms with van der Waals surface area (Å²) in [5.74, 6) is 0.456. The average molecular weight is 479 g/mol. The number of ether oxygens (including phenoxy) is 1. The van der Waals surface area contributed by atoms with Crippen LogP contribution in [0.1, 0.15) is 25.0 Å². The molecule has 5 rings (SSSR count). The minimum atomic E-state index is -0.591. The Kier molecular flexibility index (Phi) is 6.34. The number of halogens is 2. The lowest BCUT2D eigenvalue weighted by Crippen LogP contribution is -2.45. The Bertz CT molecular complexity index is 1280. The first-order valence-corrected chi connectivity index (χ1v) is 11.7. The summed E-state index contributed by atoms with van der Waals surface area (Å²) in [6, 6.07) is 2.67. The van der Waals surface area contributed by atoms with Gasteiger partial charge in [0.25, 0.3) is 0 Å². The molecule has 0 atom stereocenters. The molecule has 0 amide bonds. The van der Waals surface area contributed by atoms with E-state index >= 15 is 4.39 Å². The van der Waals surface area contributed by atoms with Gasteiger partial charge in [-0.3, -0.25) is 4.99 Å². The predicted molar refractivity (Wildman–Crippen MR) is 134 cm³/mol. The molecule has 35 heavy (non-hydrogen) atoms. The van der Waals surface area contributed by atoms with Crippen molar-refractivity contribution in [1.82, 2.24) is 14.9 Å². The zero-order chi connectivity index (χ0) is 24.5. The number of rotatable bonds is 5. The van der Waals surface area contributed by atoms with E-state index in [1.165, 1.54) is 0 Å². The van der Waals surface area contributed by atoms with Crippen molar-refractivity contribution in [3.05, 3.63) is 64.3 Å². The number of nitrogens with zero attached hydrogens (tertiary/aromatic N) is 5. The van der Waals surface area contributed by atoms with Crippen LogP contribution in [0.15, 0.2) is 46.5 Å². The van der Waals surface area contributed by atoms with E-state index in [0.29, 0.717) is 36.1 Å². The monoisotopic (exact) mass is 478 g/mol. The molecule has 3 aliphatic rings. The highest BCUT2D eigenvalue weighted by Gasteiger charge is 2.24. The van der Waals surface area contributed by atoms with Crippen molar-refractivity contribution in [1.29, 1.82) is 0 Å². The Morgan fingerprint density at radius 2 is 1.89 bits per heavy atom.